The van der Waals surface area contributed by atoms with Gasteiger partial charge in [0.05, 0.1) is 35.3 Å². The number of para-hydroxylation sites is 2. The van der Waals surface area contributed by atoms with Gasteiger partial charge in [0.2, 0.25) is 0 Å². The summed E-state index contributed by atoms with van der Waals surface area (Å²) in [6, 6.07) is 56.6. The number of hydrogen-bond acceptors (Lipinski definition) is 8. The molecule has 394 valence electrons. The first-order chi connectivity index (χ1) is 36.2. The Bertz CT molecular complexity index is 2920. The molecule has 9 rings (SSSR count). The van der Waals surface area contributed by atoms with Gasteiger partial charge in [-0.05, 0) is 72.2 Å². The first-order valence-corrected chi connectivity index (χ1v) is 25.2. The van der Waals surface area contributed by atoms with Gasteiger partial charge in [-0.2, -0.15) is 0 Å². The van der Waals surface area contributed by atoms with Gasteiger partial charge in [0, 0.05) is 70.0 Å². The molecule has 2 aliphatic heterocycles. The van der Waals surface area contributed by atoms with Gasteiger partial charge in [-0.1, -0.05) is 194 Å². The summed E-state index contributed by atoms with van der Waals surface area (Å²) >= 11 is 0. The molecule has 0 bridgehead atoms. The molecular weight excluding hydrogens is 1040 g/mol. The molecule has 14 heteroatoms. The Morgan fingerprint density at radius 3 is 1.16 bits per heavy atom. The predicted molar refractivity (Wildman–Crippen MR) is 290 cm³/mol. The van der Waals surface area contributed by atoms with Gasteiger partial charge in [-0.25, -0.2) is 9.59 Å². The summed E-state index contributed by atoms with van der Waals surface area (Å²) in [5, 5.41) is 31.2. The smallest absolute Gasteiger partial charge is 0.328 e. The van der Waals surface area contributed by atoms with Gasteiger partial charge < -0.3 is 30.4 Å². The Morgan fingerprint density at radius 1 is 0.461 bits per heavy atom. The standard InChI is InChI=1S/C62H60N6O6.2Ni/c69-59(55-35-19-37-67(55)41-43-21-5-1-6-22-43)65-51-33-17-15-31-49(51)57(45-25-9-3-10-26-45)63-53(61(71)72)39-47-29-13-14-30-48(47)40-54(62(73)74)64-58(46-27-11-4-12-28-46)50-32-16-18-34-52(50)66-60(70)56-36-20-38-68(56)42-44-23-7-2-8-24-44;;/h1-18,21-34,53-56H,19-20,35-42H2,(H4,63,64,65,66,69,70,71,72,73,74);;/p-2/t53-,54-,55-,56-;;/m0../s1. The van der Waals surface area contributed by atoms with Crippen molar-refractivity contribution in [3.05, 3.63) is 249 Å². The molecule has 2 fully saturated rings. The van der Waals surface area contributed by atoms with Gasteiger partial charge >= 0.3 is 11.9 Å². The van der Waals surface area contributed by atoms with E-state index in [1.165, 1.54) is 0 Å². The number of hydrogen-bond donors (Lipinski definition) is 2. The number of benzene rings is 7. The summed E-state index contributed by atoms with van der Waals surface area (Å²) in [6.45, 7) is 2.80. The Kier molecular flexibility index (Phi) is 20.4. The number of carbonyl (C=O) groups excluding carboxylic acids is 2. The zero-order chi connectivity index (χ0) is 51.2. The van der Waals surface area contributed by atoms with E-state index in [1.807, 2.05) is 133 Å². The molecule has 76 heavy (non-hydrogen) atoms. The number of aliphatic imine (C=N–C) groups is 2. The van der Waals surface area contributed by atoms with E-state index in [0.29, 0.717) is 82.1 Å². The molecule has 4 atom stereocenters. The molecule has 0 spiro atoms. The summed E-state index contributed by atoms with van der Waals surface area (Å²) in [5.41, 5.74) is 7.19. The minimum absolute atomic E-state index is 0. The molecule has 2 saturated heterocycles. The molecule has 2 aliphatic rings. The maximum atomic E-state index is 14.1. The molecule has 12 nitrogen and oxygen atoms in total. The summed E-state index contributed by atoms with van der Waals surface area (Å²) in [4.78, 5) is 69.1. The van der Waals surface area contributed by atoms with Crippen LogP contribution in [-0.4, -0.2) is 92.4 Å². The van der Waals surface area contributed by atoms with E-state index in [1.54, 1.807) is 60.7 Å². The van der Waals surface area contributed by atoms with Gasteiger partial charge in [-0.15, -0.1) is 11.4 Å². The Balaban J connectivity index is 0.00000420. The molecule has 7 aromatic carbocycles. The third-order valence-electron chi connectivity index (χ3n) is 13.7. The van der Waals surface area contributed by atoms with Crippen molar-refractivity contribution in [2.45, 2.75) is 75.8 Å². The van der Waals surface area contributed by atoms with Gasteiger partial charge in [0.1, 0.15) is 0 Å². The third kappa shape index (κ3) is 14.3. The van der Waals surface area contributed by atoms with E-state index in [0.717, 1.165) is 37.1 Å². The van der Waals surface area contributed by atoms with Gasteiger partial charge in [-0.3, -0.25) is 19.8 Å². The van der Waals surface area contributed by atoms with Crippen LogP contribution < -0.4 is 0 Å². The van der Waals surface area contributed by atoms with Crippen LogP contribution >= 0.6 is 0 Å². The largest absolute Gasteiger partial charge is 0.625 e. The van der Waals surface area contributed by atoms with E-state index in [-0.39, 0.29) is 57.6 Å². The Hall–Kier alpha value is -7.33. The second-order valence-corrected chi connectivity index (χ2v) is 18.7. The number of carbonyl (C=O) groups is 4. The number of aliphatic carboxylic acids is 2. The molecule has 0 saturated carbocycles. The number of likely N-dealkylation sites (tertiary alicyclic amines) is 2. The molecule has 0 radical (unpaired) electrons. The van der Waals surface area contributed by atoms with Crippen molar-refractivity contribution >= 4 is 46.6 Å². The first-order valence-electron chi connectivity index (χ1n) is 25.2. The Labute approximate surface area is 464 Å². The fourth-order valence-corrected chi connectivity index (χ4v) is 10.0. The molecule has 0 aliphatic carbocycles. The van der Waals surface area contributed by atoms with Crippen LogP contribution in [0.2, 0.25) is 0 Å². The fourth-order valence-electron chi connectivity index (χ4n) is 10.0. The molecule has 2 amide bonds. The van der Waals surface area contributed by atoms with E-state index in [2.05, 4.69) is 9.80 Å². The van der Waals surface area contributed by atoms with Crippen LogP contribution in [0.5, 0.6) is 0 Å². The maximum Gasteiger partial charge on any atom is 0.328 e. The van der Waals surface area contributed by atoms with E-state index in [9.17, 15) is 29.4 Å². The number of rotatable bonds is 20. The van der Waals surface area contributed by atoms with Crippen LogP contribution in [0.3, 0.4) is 0 Å². The average Bonchev–Trinajstić information content (AvgIpc) is 4.11. The van der Waals surface area contributed by atoms with Crippen molar-refractivity contribution in [3.63, 3.8) is 0 Å². The number of amides is 2. The molecule has 2 N–H and O–H groups in total. The first kappa shape index (κ1) is 56.4. The monoisotopic (exact) mass is 1100 g/mol. The zero-order valence-electron chi connectivity index (χ0n) is 41.7. The van der Waals surface area contributed by atoms with Crippen LogP contribution in [0.15, 0.2) is 204 Å². The van der Waals surface area contributed by atoms with Crippen molar-refractivity contribution in [2.75, 3.05) is 13.1 Å². The van der Waals surface area contributed by atoms with Crippen LogP contribution in [0, 0.1) is 0 Å². The normalized spacial score (nSPS) is 16.6. The minimum Gasteiger partial charge on any atom is -0.625 e. The topological polar surface area (TPSA) is 168 Å². The van der Waals surface area contributed by atoms with Crippen molar-refractivity contribution in [1.29, 1.82) is 0 Å². The number of nitrogens with zero attached hydrogens (tertiary/aromatic N) is 6. The van der Waals surface area contributed by atoms with Crippen molar-refractivity contribution in [2.24, 2.45) is 9.98 Å². The predicted octanol–water partition coefficient (Wildman–Crippen LogP) is 11.1. The SMILES string of the molecule is O=C(O)[C@H](Cc1ccccc1C[C@H](N=C(c1ccccc1)c1ccccc1[N-]C(=O)[C@@H]1CCCN1Cc1ccccc1)C(=O)O)N=C(c1ccccc1)c1ccccc1[N-]C(=O)[C@@H]1CCCN1Cc1ccccc1.[Ni].[Ni]. The molecule has 0 aromatic heterocycles. The van der Waals surface area contributed by atoms with Crippen molar-refractivity contribution in [3.8, 4) is 0 Å². The minimum atomic E-state index is -1.33. The van der Waals surface area contributed by atoms with E-state index < -0.39 is 36.1 Å². The Morgan fingerprint density at radius 2 is 0.789 bits per heavy atom. The van der Waals surface area contributed by atoms with Crippen molar-refractivity contribution in [1.82, 2.24) is 9.80 Å². The summed E-state index contributed by atoms with van der Waals surface area (Å²) in [6.07, 6.45) is 2.94. The second kappa shape index (κ2) is 27.5. The van der Waals surface area contributed by atoms with Gasteiger partial charge in [0.25, 0.3) is 0 Å². The molecule has 2 heterocycles. The van der Waals surface area contributed by atoms with Crippen LogP contribution in [0.25, 0.3) is 10.6 Å². The number of carboxylic acid groups (broad SMARTS) is 2. The summed E-state index contributed by atoms with van der Waals surface area (Å²) < 4.78 is 0. The molecule has 7 aromatic rings. The third-order valence-corrected chi connectivity index (χ3v) is 13.7. The second-order valence-electron chi connectivity index (χ2n) is 18.7. The average molecular weight is 1100 g/mol. The maximum absolute atomic E-state index is 14.1. The quantitative estimate of drug-likeness (QED) is 0.0562. The van der Waals surface area contributed by atoms with Crippen molar-refractivity contribution < 1.29 is 62.4 Å². The van der Waals surface area contributed by atoms with E-state index in [4.69, 9.17) is 20.6 Å². The summed E-state index contributed by atoms with van der Waals surface area (Å²) in [5.74, 6) is -2.91. The number of carboxylic acids is 2. The molecule has 0 unspecified atom stereocenters. The zero-order valence-corrected chi connectivity index (χ0v) is 43.7. The van der Waals surface area contributed by atoms with Gasteiger partial charge in [0.15, 0.2) is 12.1 Å². The summed E-state index contributed by atoms with van der Waals surface area (Å²) in [7, 11) is 0. The van der Waals surface area contributed by atoms with Crippen LogP contribution in [0.4, 0.5) is 11.4 Å². The van der Waals surface area contributed by atoms with Crippen LogP contribution in [0.1, 0.15) is 70.2 Å². The van der Waals surface area contributed by atoms with E-state index >= 15 is 0 Å². The fraction of sp³-hybridized carbons (Fsp3) is 0.226. The molecular formula is C62H58N6Ni2O6-2. The van der Waals surface area contributed by atoms with Crippen LogP contribution in [-0.2, 0) is 78.1 Å².